The largest absolute Gasteiger partial charge is 0.491 e. The number of morpholine rings is 1. The minimum absolute atomic E-state index is 0.231. The Hall–Kier alpha value is -2.26. The maximum Gasteiger partial charge on any atom is 0.245 e. The number of nitrogens with one attached hydrogen (secondary N) is 2. The van der Waals surface area contributed by atoms with Gasteiger partial charge in [-0.05, 0) is 43.0 Å². The lowest BCUT2D eigenvalue weighted by molar-refractivity contribution is -0.0249. The summed E-state index contributed by atoms with van der Waals surface area (Å²) in [7, 11) is -3.75. The van der Waals surface area contributed by atoms with Crippen LogP contribution in [0.1, 0.15) is 32.1 Å². The molecule has 0 radical (unpaired) electrons. The quantitative estimate of drug-likeness (QED) is 0.424. The van der Waals surface area contributed by atoms with E-state index in [1.807, 2.05) is 36.4 Å². The summed E-state index contributed by atoms with van der Waals surface area (Å²) >= 11 is 6.43. The van der Waals surface area contributed by atoms with Crippen LogP contribution in [0.4, 0.5) is 5.69 Å². The number of nitrogens with zero attached hydrogens (tertiary/aromatic N) is 1. The molecule has 2 fully saturated rings. The number of benzene rings is 2. The fourth-order valence-corrected chi connectivity index (χ4v) is 6.85. The number of anilines is 1. The van der Waals surface area contributed by atoms with Crippen molar-refractivity contribution in [2.75, 3.05) is 38.2 Å². The number of hydrogen-bond donors (Lipinski definition) is 2. The van der Waals surface area contributed by atoms with Crippen LogP contribution in [0.3, 0.4) is 0 Å². The van der Waals surface area contributed by atoms with Gasteiger partial charge in [-0.25, -0.2) is 8.42 Å². The Bertz CT molecular complexity index is 1240. The third kappa shape index (κ3) is 5.61. The van der Waals surface area contributed by atoms with Crippen molar-refractivity contribution in [3.8, 4) is 5.75 Å². The van der Waals surface area contributed by atoms with Gasteiger partial charge in [0.15, 0.2) is 0 Å². The van der Waals surface area contributed by atoms with Crippen LogP contribution in [0.5, 0.6) is 5.75 Å². The number of fused-ring (bicyclic) bond motifs is 1. The number of hydrogen-bond acceptors (Lipinski definition) is 5. The van der Waals surface area contributed by atoms with Gasteiger partial charge in [0.25, 0.3) is 0 Å². The summed E-state index contributed by atoms with van der Waals surface area (Å²) in [5.74, 6) is 1.37. The number of H-pyrrole nitrogens is 1. The van der Waals surface area contributed by atoms with E-state index in [1.165, 1.54) is 36.4 Å². The number of para-hydroxylation sites is 1. The fourth-order valence-electron chi connectivity index (χ4n) is 5.03. The van der Waals surface area contributed by atoms with E-state index in [-0.39, 0.29) is 24.2 Å². The van der Waals surface area contributed by atoms with Gasteiger partial charge in [-0.15, -0.1) is 0 Å². The molecule has 188 valence electrons. The van der Waals surface area contributed by atoms with E-state index in [0.29, 0.717) is 29.5 Å². The number of sulfonamides is 1. The van der Waals surface area contributed by atoms with Gasteiger partial charge in [-0.3, -0.25) is 0 Å². The Morgan fingerprint density at radius 2 is 1.94 bits per heavy atom. The molecule has 1 aromatic heterocycles. The topological polar surface area (TPSA) is 83.7 Å². The van der Waals surface area contributed by atoms with Crippen molar-refractivity contribution in [1.29, 1.82) is 0 Å². The highest BCUT2D eigenvalue weighted by Crippen LogP contribution is 2.34. The molecule has 0 amide bonds. The van der Waals surface area contributed by atoms with Crippen LogP contribution < -0.4 is 10.1 Å². The van der Waals surface area contributed by atoms with Crippen molar-refractivity contribution in [2.45, 2.75) is 43.1 Å². The summed E-state index contributed by atoms with van der Waals surface area (Å²) in [6.07, 6.45) is 7.56. The standard InChI is InChI=1S/C26H32ClN3O4S/c27-20-13-23-25(16-29-26(23)24(14-20)28-15-19-7-3-1-4-8-19)35(31,32)30-11-12-33-22(17-30)18-34-21-9-5-2-6-10-21/h2,5-6,9-10,13-14,16,19,22,28-29H,1,3-4,7-8,11-12,15,17-18H2/t22-/m0/s1. The maximum absolute atomic E-state index is 13.7. The van der Waals surface area contributed by atoms with Gasteiger partial charge in [-0.1, -0.05) is 49.1 Å². The maximum atomic E-state index is 13.7. The van der Waals surface area contributed by atoms with E-state index in [1.54, 1.807) is 12.3 Å². The monoisotopic (exact) mass is 517 g/mol. The molecular formula is C26H32ClN3O4S. The number of ether oxygens (including phenoxy) is 2. The first-order valence-electron chi connectivity index (χ1n) is 12.3. The molecule has 1 aliphatic carbocycles. The minimum Gasteiger partial charge on any atom is -0.491 e. The molecule has 2 aromatic carbocycles. The Labute approximate surface area is 211 Å². The SMILES string of the molecule is O=S(=O)(c1c[nH]c2c(NCC3CCCCC3)cc(Cl)cc12)N1CCO[C@H](COc2ccccc2)C1. The molecule has 0 bridgehead atoms. The van der Waals surface area contributed by atoms with Crippen molar-refractivity contribution in [3.05, 3.63) is 53.7 Å². The average Bonchev–Trinajstić information content (AvgIpc) is 3.32. The molecule has 0 spiro atoms. The minimum atomic E-state index is -3.75. The lowest BCUT2D eigenvalue weighted by Gasteiger charge is -2.31. The van der Waals surface area contributed by atoms with Crippen molar-refractivity contribution >= 4 is 38.2 Å². The van der Waals surface area contributed by atoms with Crippen molar-refractivity contribution in [3.63, 3.8) is 0 Å². The Morgan fingerprint density at radius 3 is 2.74 bits per heavy atom. The molecule has 0 unspecified atom stereocenters. The molecule has 2 aliphatic rings. The van der Waals surface area contributed by atoms with Gasteiger partial charge in [0.2, 0.25) is 10.0 Å². The van der Waals surface area contributed by atoms with Crippen LogP contribution in [-0.2, 0) is 14.8 Å². The second-order valence-electron chi connectivity index (χ2n) is 9.39. The zero-order valence-electron chi connectivity index (χ0n) is 19.7. The van der Waals surface area contributed by atoms with Crippen LogP contribution in [0.25, 0.3) is 10.9 Å². The lowest BCUT2D eigenvalue weighted by atomic mass is 9.89. The third-order valence-electron chi connectivity index (χ3n) is 6.92. The first-order valence-corrected chi connectivity index (χ1v) is 14.2. The number of aromatic amines is 1. The summed E-state index contributed by atoms with van der Waals surface area (Å²) < 4.78 is 40.4. The van der Waals surface area contributed by atoms with E-state index >= 15 is 0 Å². The first-order chi connectivity index (χ1) is 17.0. The molecule has 5 rings (SSSR count). The van der Waals surface area contributed by atoms with E-state index < -0.39 is 10.0 Å². The average molecular weight is 518 g/mol. The van der Waals surface area contributed by atoms with Crippen LogP contribution in [0, 0.1) is 5.92 Å². The van der Waals surface area contributed by atoms with E-state index in [4.69, 9.17) is 21.1 Å². The lowest BCUT2D eigenvalue weighted by Crippen LogP contribution is -2.47. The van der Waals surface area contributed by atoms with Gasteiger partial charge < -0.3 is 19.8 Å². The van der Waals surface area contributed by atoms with Crippen LogP contribution >= 0.6 is 11.6 Å². The van der Waals surface area contributed by atoms with Gasteiger partial charge >= 0.3 is 0 Å². The number of rotatable bonds is 8. The zero-order chi connectivity index (χ0) is 24.3. The Balaban J connectivity index is 1.32. The predicted octanol–water partition coefficient (Wildman–Crippen LogP) is 5.28. The zero-order valence-corrected chi connectivity index (χ0v) is 21.3. The second kappa shape index (κ2) is 10.8. The summed E-state index contributed by atoms with van der Waals surface area (Å²) in [4.78, 5) is 3.43. The van der Waals surface area contributed by atoms with Gasteiger partial charge in [0.1, 0.15) is 23.4 Å². The summed E-state index contributed by atoms with van der Waals surface area (Å²) in [5, 5.41) is 4.64. The second-order valence-corrected chi connectivity index (χ2v) is 11.7. The molecule has 7 nitrogen and oxygen atoms in total. The summed E-state index contributed by atoms with van der Waals surface area (Å²) in [5.41, 5.74) is 1.61. The molecule has 3 aromatic rings. The van der Waals surface area contributed by atoms with E-state index in [0.717, 1.165) is 23.5 Å². The smallest absolute Gasteiger partial charge is 0.245 e. The molecule has 1 aliphatic heterocycles. The van der Waals surface area contributed by atoms with Gasteiger partial charge in [0.05, 0.1) is 17.8 Å². The normalized spacial score (nSPS) is 20.2. The molecule has 35 heavy (non-hydrogen) atoms. The van der Waals surface area contributed by atoms with Crippen molar-refractivity contribution in [2.24, 2.45) is 5.92 Å². The highest BCUT2D eigenvalue weighted by atomic mass is 35.5. The van der Waals surface area contributed by atoms with Crippen molar-refractivity contribution < 1.29 is 17.9 Å². The molecule has 9 heteroatoms. The Morgan fingerprint density at radius 1 is 1.14 bits per heavy atom. The third-order valence-corrected chi connectivity index (χ3v) is 9.04. The highest BCUT2D eigenvalue weighted by Gasteiger charge is 2.33. The molecule has 1 saturated carbocycles. The highest BCUT2D eigenvalue weighted by molar-refractivity contribution is 7.89. The number of halogens is 1. The number of aromatic nitrogens is 1. The first kappa shape index (κ1) is 24.4. The van der Waals surface area contributed by atoms with Crippen LogP contribution in [-0.4, -0.2) is 56.7 Å². The van der Waals surface area contributed by atoms with E-state index in [2.05, 4.69) is 10.3 Å². The fraction of sp³-hybridized carbons (Fsp3) is 0.462. The molecular weight excluding hydrogens is 486 g/mol. The summed E-state index contributed by atoms with van der Waals surface area (Å²) in [6, 6.07) is 13.0. The molecule has 2 heterocycles. The summed E-state index contributed by atoms with van der Waals surface area (Å²) in [6.45, 7) is 1.99. The van der Waals surface area contributed by atoms with E-state index in [9.17, 15) is 8.42 Å². The predicted molar refractivity (Wildman–Crippen MR) is 139 cm³/mol. The van der Waals surface area contributed by atoms with Gasteiger partial charge in [0, 0.05) is 36.2 Å². The van der Waals surface area contributed by atoms with Gasteiger partial charge in [-0.2, -0.15) is 4.31 Å². The van der Waals surface area contributed by atoms with Crippen LogP contribution in [0.15, 0.2) is 53.6 Å². The Kier molecular flexibility index (Phi) is 7.53. The van der Waals surface area contributed by atoms with Crippen molar-refractivity contribution in [1.82, 2.24) is 9.29 Å². The van der Waals surface area contributed by atoms with Crippen LogP contribution in [0.2, 0.25) is 5.02 Å². The molecule has 1 atom stereocenters. The molecule has 2 N–H and O–H groups in total. The molecule has 1 saturated heterocycles.